The molecule has 2 aliphatic heterocycles. The van der Waals surface area contributed by atoms with Crippen LogP contribution in [0.4, 0.5) is 5.69 Å². The molecule has 3 heterocycles. The maximum Gasteiger partial charge on any atom is 0.259 e. The highest BCUT2D eigenvalue weighted by Gasteiger charge is 2.62. The van der Waals surface area contributed by atoms with Crippen molar-refractivity contribution in [2.75, 3.05) is 11.9 Å². The molecular weight excluding hydrogens is 630 g/mol. The molecule has 0 unspecified atom stereocenters. The molecule has 5 atom stereocenters. The summed E-state index contributed by atoms with van der Waals surface area (Å²) in [4.78, 5) is 48.5. The van der Waals surface area contributed by atoms with Crippen LogP contribution in [0.5, 0.6) is 5.88 Å². The van der Waals surface area contributed by atoms with Gasteiger partial charge in [-0.15, -0.1) is 0 Å². The molecule has 3 amide bonds. The first-order valence-electron chi connectivity index (χ1n) is 17.2. The van der Waals surface area contributed by atoms with Gasteiger partial charge in [-0.25, -0.2) is 13.4 Å². The number of amides is 3. The number of aromatic nitrogens is 1. The second-order valence-electron chi connectivity index (χ2n) is 13.8. The Kier molecular flexibility index (Phi) is 9.02. The number of ether oxygens (including phenoxy) is 1. The number of nitrogens with zero attached hydrogens (tertiary/aromatic N) is 2. The molecule has 0 spiro atoms. The van der Waals surface area contributed by atoms with Gasteiger partial charge >= 0.3 is 0 Å². The highest BCUT2D eigenvalue weighted by molar-refractivity contribution is 7.91. The lowest BCUT2D eigenvalue weighted by molar-refractivity contribution is -0.140. The standard InChI is InChI=1S/C36H43N5O6S/c42-32-31-21-27(47-33-29-15-10-9-11-24(29)19-20-37-33)23-41(31)34(43)30(38-26-13-6-4-7-14-26)16-8-3-1-2-5-12-25-22-36(25,39-32)35(44)40-48(45,46)28-17-18-28/h4,6-7,9-11,13-15,19-20,25,27-28,30-31,38H,1-3,5,8,12,16-18,21-23H2,(H,39,42)(H,40,44)/t25-,27-,30+,31+,36-/m1/s1. The summed E-state index contributed by atoms with van der Waals surface area (Å²) < 4.78 is 34.3. The van der Waals surface area contributed by atoms with E-state index >= 15 is 0 Å². The average Bonchev–Trinajstić information content (AvgIpc) is 4.01. The first kappa shape index (κ1) is 32.4. The average molecular weight is 674 g/mol. The van der Waals surface area contributed by atoms with Gasteiger partial charge in [-0.2, -0.15) is 0 Å². The van der Waals surface area contributed by atoms with Gasteiger partial charge in [0.05, 0.1) is 11.8 Å². The van der Waals surface area contributed by atoms with Gasteiger partial charge < -0.3 is 20.3 Å². The van der Waals surface area contributed by atoms with E-state index in [1.54, 1.807) is 11.1 Å². The lowest BCUT2D eigenvalue weighted by atomic mass is 10.0. The van der Waals surface area contributed by atoms with Gasteiger partial charge in [0.2, 0.25) is 27.7 Å². The summed E-state index contributed by atoms with van der Waals surface area (Å²) in [7, 11) is -3.81. The van der Waals surface area contributed by atoms with Crippen LogP contribution in [-0.4, -0.2) is 71.5 Å². The van der Waals surface area contributed by atoms with Crippen LogP contribution in [0, 0.1) is 5.92 Å². The third kappa shape index (κ3) is 6.85. The fraction of sp³-hybridized carbons (Fsp3) is 0.500. The van der Waals surface area contributed by atoms with E-state index in [0.29, 0.717) is 38.0 Å². The molecule has 48 heavy (non-hydrogen) atoms. The zero-order valence-corrected chi connectivity index (χ0v) is 27.8. The number of hydrogen-bond acceptors (Lipinski definition) is 8. The number of sulfonamides is 1. The predicted molar refractivity (Wildman–Crippen MR) is 182 cm³/mol. The smallest absolute Gasteiger partial charge is 0.259 e. The van der Waals surface area contributed by atoms with Gasteiger partial charge in [-0.3, -0.25) is 19.1 Å². The molecule has 0 bridgehead atoms. The highest BCUT2D eigenvalue weighted by atomic mass is 32.2. The summed E-state index contributed by atoms with van der Waals surface area (Å²) in [6, 6.07) is 17.7. The molecule has 2 aliphatic carbocycles. The molecule has 3 aromatic rings. The molecule has 2 saturated heterocycles. The van der Waals surface area contributed by atoms with Crippen molar-refractivity contribution >= 4 is 44.2 Å². The van der Waals surface area contributed by atoms with Crippen LogP contribution in [-0.2, 0) is 24.4 Å². The van der Waals surface area contributed by atoms with Gasteiger partial charge in [0.15, 0.2) is 0 Å². The van der Waals surface area contributed by atoms with Crippen molar-refractivity contribution in [3.8, 4) is 5.88 Å². The highest BCUT2D eigenvalue weighted by Crippen LogP contribution is 2.48. The Hall–Kier alpha value is -4.19. The molecule has 4 fully saturated rings. The lowest BCUT2D eigenvalue weighted by Gasteiger charge is -2.30. The van der Waals surface area contributed by atoms with E-state index in [9.17, 15) is 22.8 Å². The van der Waals surface area contributed by atoms with Crippen molar-refractivity contribution in [1.82, 2.24) is 19.9 Å². The minimum Gasteiger partial charge on any atom is -0.472 e. The third-order valence-corrected chi connectivity index (χ3v) is 12.1. The molecule has 2 saturated carbocycles. The van der Waals surface area contributed by atoms with Crippen molar-refractivity contribution < 1.29 is 27.5 Å². The van der Waals surface area contributed by atoms with Crippen LogP contribution in [0.1, 0.15) is 70.6 Å². The minimum atomic E-state index is -3.81. The minimum absolute atomic E-state index is 0.160. The Bertz CT molecular complexity index is 1780. The van der Waals surface area contributed by atoms with E-state index in [1.807, 2.05) is 60.7 Å². The van der Waals surface area contributed by atoms with Crippen LogP contribution >= 0.6 is 0 Å². The van der Waals surface area contributed by atoms with Gasteiger partial charge in [-0.1, -0.05) is 68.5 Å². The molecule has 1 aromatic heterocycles. The zero-order valence-electron chi connectivity index (χ0n) is 27.0. The van der Waals surface area contributed by atoms with Gasteiger partial charge in [0.1, 0.15) is 23.7 Å². The van der Waals surface area contributed by atoms with E-state index in [4.69, 9.17) is 4.74 Å². The maximum atomic E-state index is 14.5. The fourth-order valence-corrected chi connectivity index (χ4v) is 8.70. The Morgan fingerprint density at radius 3 is 2.44 bits per heavy atom. The Morgan fingerprint density at radius 2 is 1.65 bits per heavy atom. The summed E-state index contributed by atoms with van der Waals surface area (Å²) >= 11 is 0. The molecule has 0 radical (unpaired) electrons. The van der Waals surface area contributed by atoms with Crippen LogP contribution in [0.15, 0.2) is 66.9 Å². The molecule has 7 rings (SSSR count). The first-order valence-corrected chi connectivity index (χ1v) is 18.8. The Labute approximate surface area is 281 Å². The summed E-state index contributed by atoms with van der Waals surface area (Å²) in [5.41, 5.74) is -0.513. The third-order valence-electron chi connectivity index (χ3n) is 10.3. The molecule has 4 aliphatic rings. The van der Waals surface area contributed by atoms with Gasteiger partial charge in [-0.05, 0) is 67.7 Å². The molecule has 2 aromatic carbocycles. The van der Waals surface area contributed by atoms with E-state index in [-0.39, 0.29) is 24.8 Å². The number of fused-ring (bicyclic) bond motifs is 3. The number of rotatable bonds is 7. The summed E-state index contributed by atoms with van der Waals surface area (Å²) in [6.07, 6.45) is 8.68. The van der Waals surface area contributed by atoms with Crippen molar-refractivity contribution in [1.29, 1.82) is 0 Å². The predicted octanol–water partition coefficient (Wildman–Crippen LogP) is 4.29. The molecule has 12 heteroatoms. The number of nitrogens with one attached hydrogen (secondary N) is 3. The number of pyridine rings is 1. The lowest BCUT2D eigenvalue weighted by Crippen LogP contribution is -2.57. The molecule has 254 valence electrons. The number of carbonyl (C=O) groups excluding carboxylic acids is 3. The van der Waals surface area contributed by atoms with Crippen molar-refractivity contribution in [3.63, 3.8) is 0 Å². The quantitative estimate of drug-likeness (QED) is 0.337. The number of anilines is 1. The van der Waals surface area contributed by atoms with Crippen LogP contribution in [0.2, 0.25) is 0 Å². The molecular formula is C36H43N5O6S. The fourth-order valence-electron chi connectivity index (χ4n) is 7.33. The number of carbonyl (C=O) groups is 3. The van der Waals surface area contributed by atoms with E-state index < -0.39 is 50.8 Å². The van der Waals surface area contributed by atoms with Crippen LogP contribution in [0.25, 0.3) is 10.8 Å². The monoisotopic (exact) mass is 673 g/mol. The number of benzene rings is 2. The summed E-state index contributed by atoms with van der Waals surface area (Å²) in [5.74, 6) is -1.12. The second kappa shape index (κ2) is 13.4. The maximum absolute atomic E-state index is 14.5. The Morgan fingerprint density at radius 1 is 0.917 bits per heavy atom. The topological polar surface area (TPSA) is 147 Å². The summed E-state index contributed by atoms with van der Waals surface area (Å²) in [6.45, 7) is 0.160. The molecule has 3 N–H and O–H groups in total. The second-order valence-corrected chi connectivity index (χ2v) is 15.7. The van der Waals surface area contributed by atoms with E-state index in [0.717, 1.165) is 48.6 Å². The SMILES string of the molecule is O=C1N[C@]2(C(=O)NS(=O)(=O)C3CC3)C[C@H]2CCCCCCC[C@H](Nc2ccccc2)C(=O)N2C[C@H](Oc3nccc4ccccc34)C[C@@H]12. The Balaban J connectivity index is 1.18. The van der Waals surface area contributed by atoms with Crippen molar-refractivity contribution in [3.05, 3.63) is 66.9 Å². The van der Waals surface area contributed by atoms with Crippen molar-refractivity contribution in [2.45, 2.75) is 99.6 Å². The summed E-state index contributed by atoms with van der Waals surface area (Å²) in [5, 5.41) is 7.64. The largest absolute Gasteiger partial charge is 0.472 e. The van der Waals surface area contributed by atoms with Crippen LogP contribution < -0.4 is 20.1 Å². The normalized spacial score (nSPS) is 28.3. The number of para-hydroxylation sites is 1. The van der Waals surface area contributed by atoms with E-state index in [1.165, 1.54) is 0 Å². The van der Waals surface area contributed by atoms with E-state index in [2.05, 4.69) is 20.3 Å². The van der Waals surface area contributed by atoms with Gasteiger partial charge in [0.25, 0.3) is 5.91 Å². The number of hydrogen-bond donors (Lipinski definition) is 3. The van der Waals surface area contributed by atoms with Crippen LogP contribution in [0.3, 0.4) is 0 Å². The zero-order chi connectivity index (χ0) is 33.3. The van der Waals surface area contributed by atoms with Gasteiger partial charge in [0, 0.05) is 23.7 Å². The first-order chi connectivity index (χ1) is 23.2. The molecule has 11 nitrogen and oxygen atoms in total. The van der Waals surface area contributed by atoms with Crippen molar-refractivity contribution in [2.24, 2.45) is 5.92 Å².